The maximum absolute atomic E-state index is 6.05. The molecule has 0 spiro atoms. The van der Waals surface area contributed by atoms with Crippen LogP contribution in [0, 0.1) is 0 Å². The third kappa shape index (κ3) is 9.35. The van der Waals surface area contributed by atoms with Crippen LogP contribution in [-0.4, -0.2) is 11.8 Å². The maximum atomic E-state index is 6.05. The largest absolute Gasteiger partial charge is 0.489 e. The number of benzene rings is 6. The van der Waals surface area contributed by atoms with Crippen molar-refractivity contribution in [2.24, 2.45) is 4.99 Å². The molecule has 0 radical (unpaired) electrons. The third-order valence-corrected chi connectivity index (χ3v) is 7.63. The second kappa shape index (κ2) is 16.0. The molecule has 1 N–H and O–H groups in total. The molecule has 0 fully saturated rings. The predicted molar refractivity (Wildman–Crippen MR) is 191 cm³/mol. The fourth-order valence-corrected chi connectivity index (χ4v) is 5.08. The van der Waals surface area contributed by atoms with Gasteiger partial charge in [-0.2, -0.15) is 0 Å². The van der Waals surface area contributed by atoms with Crippen LogP contribution in [-0.2, 0) is 19.8 Å². The molecule has 0 heterocycles. The molecule has 0 saturated carbocycles. The molecule has 47 heavy (non-hydrogen) atoms. The highest BCUT2D eigenvalue weighted by Crippen LogP contribution is 2.24. The van der Waals surface area contributed by atoms with Crippen molar-refractivity contribution in [2.45, 2.75) is 32.8 Å². The normalized spacial score (nSPS) is 11.8. The van der Waals surface area contributed by atoms with Gasteiger partial charge in [0.05, 0.1) is 17.4 Å². The van der Waals surface area contributed by atoms with Gasteiger partial charge < -0.3 is 19.5 Å². The summed E-state index contributed by atoms with van der Waals surface area (Å²) in [6.45, 7) is 3.69. The molecule has 6 aromatic rings. The van der Waals surface area contributed by atoms with Crippen LogP contribution in [0.4, 0.5) is 11.4 Å². The molecular formula is C42H38N2O3. The molecule has 0 aliphatic heterocycles. The topological polar surface area (TPSA) is 52.1 Å². The number of nitrogens with zero attached hydrogens (tertiary/aromatic N) is 1. The highest BCUT2D eigenvalue weighted by Gasteiger charge is 2.15. The molecule has 1 atom stereocenters. The Bertz CT molecular complexity index is 1820. The molecule has 6 aromatic carbocycles. The molecule has 0 saturated heterocycles. The third-order valence-electron chi connectivity index (χ3n) is 7.63. The SMILES string of the molecule is CC(Nc1ccc(OCc2ccccc2)cc1)C(=Nc1ccc(OCc2ccccc2)cc1)c1ccc(OCc2ccccc2)cc1. The summed E-state index contributed by atoms with van der Waals surface area (Å²) in [5.41, 5.74) is 7.12. The van der Waals surface area contributed by atoms with Gasteiger partial charge in [0.2, 0.25) is 0 Å². The Morgan fingerprint density at radius 1 is 0.489 bits per heavy atom. The van der Waals surface area contributed by atoms with Gasteiger partial charge >= 0.3 is 0 Å². The predicted octanol–water partition coefficient (Wildman–Crippen LogP) is 10.0. The average molecular weight is 619 g/mol. The van der Waals surface area contributed by atoms with Crippen LogP contribution in [0.15, 0.2) is 169 Å². The van der Waals surface area contributed by atoms with Crippen LogP contribution in [0.2, 0.25) is 0 Å². The summed E-state index contributed by atoms with van der Waals surface area (Å²) < 4.78 is 18.0. The first-order valence-electron chi connectivity index (χ1n) is 15.8. The van der Waals surface area contributed by atoms with Crippen molar-refractivity contribution >= 4 is 17.1 Å². The van der Waals surface area contributed by atoms with Crippen LogP contribution in [0.5, 0.6) is 17.2 Å². The van der Waals surface area contributed by atoms with Gasteiger partial charge in [-0.15, -0.1) is 0 Å². The summed E-state index contributed by atoms with van der Waals surface area (Å²) in [6, 6.07) is 54.5. The van der Waals surface area contributed by atoms with Gasteiger partial charge in [0, 0.05) is 5.69 Å². The van der Waals surface area contributed by atoms with E-state index in [9.17, 15) is 0 Å². The Kier molecular flexibility index (Phi) is 10.6. The zero-order chi connectivity index (χ0) is 32.1. The molecule has 0 aromatic heterocycles. The van der Waals surface area contributed by atoms with E-state index in [1.54, 1.807) is 0 Å². The molecule has 234 valence electrons. The second-order valence-electron chi connectivity index (χ2n) is 11.2. The average Bonchev–Trinajstić information content (AvgIpc) is 3.14. The van der Waals surface area contributed by atoms with Crippen molar-refractivity contribution in [3.8, 4) is 17.2 Å². The summed E-state index contributed by atoms with van der Waals surface area (Å²) in [6.07, 6.45) is 0. The summed E-state index contributed by atoms with van der Waals surface area (Å²) in [7, 11) is 0. The first-order valence-corrected chi connectivity index (χ1v) is 15.8. The van der Waals surface area contributed by atoms with Crippen LogP contribution < -0.4 is 19.5 Å². The lowest BCUT2D eigenvalue weighted by molar-refractivity contribution is 0.306. The van der Waals surface area contributed by atoms with Crippen molar-refractivity contribution in [1.29, 1.82) is 0 Å². The quantitative estimate of drug-likeness (QED) is 0.123. The van der Waals surface area contributed by atoms with Crippen LogP contribution >= 0.6 is 0 Å². The molecule has 5 nitrogen and oxygen atoms in total. The van der Waals surface area contributed by atoms with Gasteiger partial charge in [-0.25, -0.2) is 0 Å². The summed E-state index contributed by atoms with van der Waals surface area (Å²) in [5, 5.41) is 3.63. The number of ether oxygens (including phenoxy) is 3. The number of rotatable bonds is 14. The minimum atomic E-state index is -0.101. The molecule has 6 rings (SSSR count). The van der Waals surface area contributed by atoms with E-state index in [1.165, 1.54) is 0 Å². The minimum Gasteiger partial charge on any atom is -0.489 e. The number of anilines is 1. The van der Waals surface area contributed by atoms with Gasteiger partial charge in [0.15, 0.2) is 0 Å². The minimum absolute atomic E-state index is 0.101. The highest BCUT2D eigenvalue weighted by molar-refractivity contribution is 6.07. The Hall–Kier alpha value is -5.81. The first-order chi connectivity index (χ1) is 23.2. The van der Waals surface area contributed by atoms with Gasteiger partial charge in [0.25, 0.3) is 0 Å². The smallest absolute Gasteiger partial charge is 0.119 e. The van der Waals surface area contributed by atoms with Gasteiger partial charge in [-0.3, -0.25) is 4.99 Å². The highest BCUT2D eigenvalue weighted by atomic mass is 16.5. The summed E-state index contributed by atoms with van der Waals surface area (Å²) >= 11 is 0. The van der Waals surface area contributed by atoms with Crippen molar-refractivity contribution < 1.29 is 14.2 Å². The molecule has 0 bridgehead atoms. The van der Waals surface area contributed by atoms with Gasteiger partial charge in [-0.05, 0) is 102 Å². The van der Waals surface area contributed by atoms with Crippen LogP contribution in [0.25, 0.3) is 0 Å². The number of hydrogen-bond acceptors (Lipinski definition) is 5. The molecule has 1 unspecified atom stereocenters. The second-order valence-corrected chi connectivity index (χ2v) is 11.2. The Morgan fingerprint density at radius 2 is 0.872 bits per heavy atom. The summed E-state index contributed by atoms with van der Waals surface area (Å²) in [4.78, 5) is 5.12. The van der Waals surface area contributed by atoms with Crippen molar-refractivity contribution in [3.05, 3.63) is 186 Å². The fourth-order valence-electron chi connectivity index (χ4n) is 5.08. The molecule has 0 aliphatic carbocycles. The Labute approximate surface area is 277 Å². The number of hydrogen-bond donors (Lipinski definition) is 1. The van der Waals surface area contributed by atoms with E-state index in [-0.39, 0.29) is 6.04 Å². The van der Waals surface area contributed by atoms with E-state index in [0.29, 0.717) is 19.8 Å². The lowest BCUT2D eigenvalue weighted by atomic mass is 10.0. The Morgan fingerprint density at radius 3 is 1.30 bits per heavy atom. The number of nitrogens with one attached hydrogen (secondary N) is 1. The van der Waals surface area contributed by atoms with E-state index < -0.39 is 0 Å². The zero-order valence-corrected chi connectivity index (χ0v) is 26.5. The summed E-state index contributed by atoms with van der Waals surface area (Å²) in [5.74, 6) is 2.43. The first kappa shape index (κ1) is 31.2. The number of aliphatic imine (C=N–C) groups is 1. The van der Waals surface area contributed by atoms with Crippen molar-refractivity contribution in [2.75, 3.05) is 5.32 Å². The molecule has 0 aliphatic rings. The van der Waals surface area contributed by atoms with Gasteiger partial charge in [0.1, 0.15) is 37.1 Å². The molecule has 5 heteroatoms. The Balaban J connectivity index is 1.16. The van der Waals surface area contributed by atoms with E-state index in [2.05, 4.69) is 60.8 Å². The monoisotopic (exact) mass is 618 g/mol. The lowest BCUT2D eigenvalue weighted by Crippen LogP contribution is -2.27. The maximum Gasteiger partial charge on any atom is 0.119 e. The van der Waals surface area contributed by atoms with E-state index in [4.69, 9.17) is 19.2 Å². The van der Waals surface area contributed by atoms with E-state index in [1.807, 2.05) is 115 Å². The van der Waals surface area contributed by atoms with Gasteiger partial charge in [-0.1, -0.05) is 91.0 Å². The molecular weight excluding hydrogens is 580 g/mol. The van der Waals surface area contributed by atoms with E-state index >= 15 is 0 Å². The standard InChI is InChI=1S/C42H38N2O3/c1-32(43-37-19-25-40(26-20-37)46-30-34-13-7-3-8-14-34)42(36-17-23-39(24-18-36)45-29-33-11-5-2-6-12-33)44-38-21-27-41(28-22-38)47-31-35-15-9-4-10-16-35/h2-28,32,43H,29-31H2,1H3. The van der Waals surface area contributed by atoms with Crippen LogP contribution in [0.3, 0.4) is 0 Å². The lowest BCUT2D eigenvalue weighted by Gasteiger charge is -2.19. The van der Waals surface area contributed by atoms with Crippen molar-refractivity contribution in [3.63, 3.8) is 0 Å². The fraction of sp³-hybridized carbons (Fsp3) is 0.119. The molecule has 0 amide bonds. The van der Waals surface area contributed by atoms with Crippen molar-refractivity contribution in [1.82, 2.24) is 0 Å². The zero-order valence-electron chi connectivity index (χ0n) is 26.5. The van der Waals surface area contributed by atoms with E-state index in [0.717, 1.165) is 56.6 Å². The van der Waals surface area contributed by atoms with Crippen LogP contribution in [0.1, 0.15) is 29.2 Å².